The highest BCUT2D eigenvalue weighted by Gasteiger charge is 2.10. The molecule has 0 bridgehead atoms. The number of benzene rings is 3. The molecule has 4 N–H and O–H groups in total. The van der Waals surface area contributed by atoms with E-state index in [-0.39, 0.29) is 18.0 Å². The van der Waals surface area contributed by atoms with E-state index in [1.807, 2.05) is 0 Å². The van der Waals surface area contributed by atoms with Gasteiger partial charge in [0.05, 0.1) is 30.0 Å². The number of urea groups is 1. The standard InChI is InChI=1S/C23H20FN5O3/c1-31-17-5-2-14(3-6-17)28-23(30)29-15-4-9-22(19(24)10-15)32-18-7-8-20-21(11-18)27-16(12-25)13-26-20/h2-11,13H,12,25H2,1H3,(H2,28,29,30). The molecular formula is C23H20FN5O3. The van der Waals surface area contributed by atoms with Gasteiger partial charge in [-0.25, -0.2) is 14.2 Å². The number of hydrogen-bond acceptors (Lipinski definition) is 6. The molecule has 0 aliphatic rings. The summed E-state index contributed by atoms with van der Waals surface area (Å²) in [6, 6.07) is 15.5. The molecule has 0 spiro atoms. The van der Waals surface area contributed by atoms with Gasteiger partial charge >= 0.3 is 6.03 Å². The molecule has 2 amide bonds. The first-order valence-electron chi connectivity index (χ1n) is 9.69. The number of nitrogens with one attached hydrogen (secondary N) is 2. The summed E-state index contributed by atoms with van der Waals surface area (Å²) in [7, 11) is 1.56. The second-order valence-corrected chi connectivity index (χ2v) is 6.77. The second kappa shape index (κ2) is 9.27. The van der Waals surface area contributed by atoms with Crippen LogP contribution >= 0.6 is 0 Å². The number of anilines is 2. The summed E-state index contributed by atoms with van der Waals surface area (Å²) < 4.78 is 25.3. The third-order valence-corrected chi connectivity index (χ3v) is 4.54. The predicted molar refractivity (Wildman–Crippen MR) is 120 cm³/mol. The van der Waals surface area contributed by atoms with Crippen molar-refractivity contribution in [1.29, 1.82) is 0 Å². The molecule has 0 aliphatic carbocycles. The quantitative estimate of drug-likeness (QED) is 0.407. The maximum absolute atomic E-state index is 14.6. The van der Waals surface area contributed by atoms with Crippen molar-refractivity contribution in [2.24, 2.45) is 5.73 Å². The van der Waals surface area contributed by atoms with Crippen LogP contribution in [0.2, 0.25) is 0 Å². The molecule has 4 aromatic rings. The summed E-state index contributed by atoms with van der Waals surface area (Å²) in [4.78, 5) is 20.8. The van der Waals surface area contributed by atoms with Gasteiger partial charge in [0.1, 0.15) is 11.5 Å². The van der Waals surface area contributed by atoms with Crippen LogP contribution in [0, 0.1) is 5.82 Å². The van der Waals surface area contributed by atoms with Gasteiger partial charge in [-0.2, -0.15) is 0 Å². The van der Waals surface area contributed by atoms with Crippen LogP contribution in [0.1, 0.15) is 5.69 Å². The summed E-state index contributed by atoms with van der Waals surface area (Å²) in [5.41, 5.74) is 8.37. The predicted octanol–water partition coefficient (Wildman–Crippen LogP) is 4.67. The first-order valence-corrected chi connectivity index (χ1v) is 9.69. The van der Waals surface area contributed by atoms with E-state index >= 15 is 0 Å². The molecular weight excluding hydrogens is 413 g/mol. The summed E-state index contributed by atoms with van der Waals surface area (Å²) in [5.74, 6) is 0.451. The van der Waals surface area contributed by atoms with E-state index < -0.39 is 11.8 Å². The van der Waals surface area contributed by atoms with Crippen molar-refractivity contribution in [3.8, 4) is 17.2 Å². The average Bonchev–Trinajstić information content (AvgIpc) is 2.80. The lowest BCUT2D eigenvalue weighted by atomic mass is 10.2. The van der Waals surface area contributed by atoms with Gasteiger partial charge in [-0.15, -0.1) is 0 Å². The molecule has 1 heterocycles. The van der Waals surface area contributed by atoms with E-state index in [9.17, 15) is 9.18 Å². The van der Waals surface area contributed by atoms with E-state index in [0.29, 0.717) is 33.9 Å². The lowest BCUT2D eigenvalue weighted by molar-refractivity contribution is 0.262. The number of fused-ring (bicyclic) bond motifs is 1. The van der Waals surface area contributed by atoms with Crippen LogP contribution in [0.4, 0.5) is 20.6 Å². The molecule has 9 heteroatoms. The summed E-state index contributed by atoms with van der Waals surface area (Å²) in [5, 5.41) is 5.24. The largest absolute Gasteiger partial charge is 0.497 e. The maximum Gasteiger partial charge on any atom is 0.323 e. The first kappa shape index (κ1) is 21.0. The fourth-order valence-electron chi connectivity index (χ4n) is 2.95. The Bertz CT molecular complexity index is 1260. The Balaban J connectivity index is 1.43. The molecule has 0 unspecified atom stereocenters. The number of nitrogens with zero attached hydrogens (tertiary/aromatic N) is 2. The Hall–Kier alpha value is -4.24. The van der Waals surface area contributed by atoms with Gasteiger partial charge in [-0.1, -0.05) is 0 Å². The number of carbonyl (C=O) groups is 1. The molecule has 0 radical (unpaired) electrons. The third-order valence-electron chi connectivity index (χ3n) is 4.54. The number of nitrogens with two attached hydrogens (primary N) is 1. The van der Waals surface area contributed by atoms with Crippen LogP contribution < -0.4 is 25.8 Å². The monoisotopic (exact) mass is 433 g/mol. The number of amides is 2. The minimum absolute atomic E-state index is 0.00778. The summed E-state index contributed by atoms with van der Waals surface area (Å²) in [6.45, 7) is 0.267. The molecule has 32 heavy (non-hydrogen) atoms. The van der Waals surface area contributed by atoms with Gasteiger partial charge in [0.2, 0.25) is 0 Å². The lowest BCUT2D eigenvalue weighted by Crippen LogP contribution is -2.19. The molecule has 0 atom stereocenters. The van der Waals surface area contributed by atoms with E-state index in [4.69, 9.17) is 15.2 Å². The van der Waals surface area contributed by atoms with Crippen molar-refractivity contribution >= 4 is 28.4 Å². The maximum atomic E-state index is 14.6. The van der Waals surface area contributed by atoms with Gasteiger partial charge in [-0.05, 0) is 48.5 Å². The highest BCUT2D eigenvalue weighted by Crippen LogP contribution is 2.28. The SMILES string of the molecule is COc1ccc(NC(=O)Nc2ccc(Oc3ccc4ncc(CN)nc4c3)c(F)c2)cc1. The van der Waals surface area contributed by atoms with Crippen LogP contribution in [-0.2, 0) is 6.54 Å². The molecule has 0 saturated heterocycles. The van der Waals surface area contributed by atoms with Crippen LogP contribution in [0.3, 0.4) is 0 Å². The normalized spacial score (nSPS) is 10.6. The number of rotatable bonds is 6. The minimum Gasteiger partial charge on any atom is -0.497 e. The fourth-order valence-corrected chi connectivity index (χ4v) is 2.95. The van der Waals surface area contributed by atoms with Gasteiger partial charge in [0, 0.05) is 30.1 Å². The zero-order chi connectivity index (χ0) is 22.5. The van der Waals surface area contributed by atoms with Crippen LogP contribution in [0.5, 0.6) is 17.2 Å². The topological polar surface area (TPSA) is 111 Å². The average molecular weight is 433 g/mol. The zero-order valence-electron chi connectivity index (χ0n) is 17.1. The molecule has 1 aromatic heterocycles. The third kappa shape index (κ3) is 4.90. The van der Waals surface area contributed by atoms with Crippen molar-refractivity contribution in [3.63, 3.8) is 0 Å². The van der Waals surface area contributed by atoms with E-state index in [1.165, 1.54) is 12.1 Å². The molecule has 0 aliphatic heterocycles. The van der Waals surface area contributed by atoms with Gasteiger partial charge in [0.15, 0.2) is 11.6 Å². The van der Waals surface area contributed by atoms with Crippen molar-refractivity contribution < 1.29 is 18.7 Å². The van der Waals surface area contributed by atoms with Crippen LogP contribution in [-0.4, -0.2) is 23.1 Å². The summed E-state index contributed by atoms with van der Waals surface area (Å²) >= 11 is 0. The van der Waals surface area contributed by atoms with Gasteiger partial charge in [0.25, 0.3) is 0 Å². The number of hydrogen-bond donors (Lipinski definition) is 3. The molecule has 0 saturated carbocycles. The van der Waals surface area contributed by atoms with E-state index in [2.05, 4.69) is 20.6 Å². The molecule has 4 rings (SSSR count). The second-order valence-electron chi connectivity index (χ2n) is 6.77. The number of aromatic nitrogens is 2. The number of carbonyl (C=O) groups excluding carboxylic acids is 1. The van der Waals surface area contributed by atoms with E-state index in [1.54, 1.807) is 61.8 Å². The van der Waals surface area contributed by atoms with Gasteiger partial charge < -0.3 is 25.8 Å². The number of methoxy groups -OCH3 is 1. The van der Waals surface area contributed by atoms with Crippen molar-refractivity contribution in [3.05, 3.63) is 78.4 Å². The highest BCUT2D eigenvalue weighted by molar-refractivity contribution is 5.99. The van der Waals surface area contributed by atoms with Crippen LogP contribution in [0.25, 0.3) is 11.0 Å². The number of ether oxygens (including phenoxy) is 2. The highest BCUT2D eigenvalue weighted by atomic mass is 19.1. The Morgan fingerprint density at radius 1 is 0.969 bits per heavy atom. The lowest BCUT2D eigenvalue weighted by Gasteiger charge is -2.11. The molecule has 0 fully saturated rings. The number of halogens is 1. The molecule has 162 valence electrons. The molecule has 8 nitrogen and oxygen atoms in total. The Morgan fingerprint density at radius 3 is 2.41 bits per heavy atom. The fraction of sp³-hybridized carbons (Fsp3) is 0.0870. The van der Waals surface area contributed by atoms with Crippen molar-refractivity contribution in [1.82, 2.24) is 9.97 Å². The summed E-state index contributed by atoms with van der Waals surface area (Å²) in [6.07, 6.45) is 1.61. The van der Waals surface area contributed by atoms with Crippen molar-refractivity contribution in [2.45, 2.75) is 6.54 Å². The van der Waals surface area contributed by atoms with Gasteiger partial charge in [-0.3, -0.25) is 4.98 Å². The van der Waals surface area contributed by atoms with Crippen LogP contribution in [0.15, 0.2) is 66.9 Å². The minimum atomic E-state index is -0.630. The van der Waals surface area contributed by atoms with Crippen molar-refractivity contribution in [2.75, 3.05) is 17.7 Å². The first-order chi connectivity index (χ1) is 15.5. The Kier molecular flexibility index (Phi) is 6.09. The Morgan fingerprint density at radius 2 is 1.69 bits per heavy atom. The molecule has 3 aromatic carbocycles. The van der Waals surface area contributed by atoms with E-state index in [0.717, 1.165) is 0 Å². The Labute approximate surface area is 183 Å². The smallest absolute Gasteiger partial charge is 0.323 e. The zero-order valence-corrected chi connectivity index (χ0v) is 17.1.